The van der Waals surface area contributed by atoms with Crippen molar-refractivity contribution in [1.29, 1.82) is 0 Å². The molecule has 0 radical (unpaired) electrons. The van der Waals surface area contributed by atoms with E-state index in [2.05, 4.69) is 24.3 Å². The van der Waals surface area contributed by atoms with Gasteiger partial charge in [0.2, 0.25) is 0 Å². The number of aromatic nitrogens is 2. The van der Waals surface area contributed by atoms with E-state index in [1.807, 2.05) is 13.8 Å². The molecule has 114 valence electrons. The third-order valence-corrected chi connectivity index (χ3v) is 3.51. The van der Waals surface area contributed by atoms with E-state index in [0.29, 0.717) is 17.8 Å². The number of rotatable bonds is 8. The van der Waals surface area contributed by atoms with Crippen molar-refractivity contribution in [2.24, 2.45) is 7.05 Å². The van der Waals surface area contributed by atoms with E-state index in [-0.39, 0.29) is 22.6 Å². The molecule has 0 spiro atoms. The lowest BCUT2D eigenvalue weighted by molar-refractivity contribution is -0.386. The number of hydrogen-bond donors (Lipinski definition) is 1. The topological polar surface area (TPSA) is 73.0 Å². The summed E-state index contributed by atoms with van der Waals surface area (Å²) in [6.45, 7) is 9.01. The zero-order valence-electron chi connectivity index (χ0n) is 13.1. The highest BCUT2D eigenvalue weighted by atomic mass is 16.6. The molecular formula is C14H26N4O2. The van der Waals surface area contributed by atoms with Gasteiger partial charge in [-0.05, 0) is 19.4 Å². The summed E-state index contributed by atoms with van der Waals surface area (Å²) in [6, 6.07) is 0.254. The van der Waals surface area contributed by atoms with Gasteiger partial charge in [0.1, 0.15) is 11.4 Å². The summed E-state index contributed by atoms with van der Waals surface area (Å²) in [6.07, 6.45) is 2.64. The number of nitrogens with zero attached hydrogens (tertiary/aromatic N) is 3. The Morgan fingerprint density at radius 2 is 2.05 bits per heavy atom. The van der Waals surface area contributed by atoms with Gasteiger partial charge < -0.3 is 5.32 Å². The molecule has 20 heavy (non-hydrogen) atoms. The molecule has 0 amide bonds. The first kappa shape index (κ1) is 16.6. The summed E-state index contributed by atoms with van der Waals surface area (Å²) in [5.74, 6) is 0.0547. The average Bonchev–Trinajstić information content (AvgIpc) is 2.72. The summed E-state index contributed by atoms with van der Waals surface area (Å²) in [7, 11) is 1.79. The maximum absolute atomic E-state index is 11.4. The minimum atomic E-state index is -0.287. The minimum Gasteiger partial charge on any atom is -0.314 e. The van der Waals surface area contributed by atoms with Crippen LogP contribution in [-0.2, 0) is 13.5 Å². The fourth-order valence-electron chi connectivity index (χ4n) is 2.33. The van der Waals surface area contributed by atoms with Crippen LogP contribution < -0.4 is 5.32 Å². The fourth-order valence-corrected chi connectivity index (χ4v) is 2.33. The molecule has 1 rings (SSSR count). The Labute approximate surface area is 120 Å². The van der Waals surface area contributed by atoms with Gasteiger partial charge in [0, 0.05) is 25.4 Å². The maximum atomic E-state index is 11.4. The van der Waals surface area contributed by atoms with Crippen molar-refractivity contribution in [1.82, 2.24) is 15.1 Å². The molecule has 1 aromatic heterocycles. The molecule has 0 bridgehead atoms. The molecule has 1 heterocycles. The van der Waals surface area contributed by atoms with Crippen molar-refractivity contribution in [3.8, 4) is 0 Å². The van der Waals surface area contributed by atoms with Gasteiger partial charge in [-0.3, -0.25) is 14.8 Å². The summed E-state index contributed by atoms with van der Waals surface area (Å²) < 4.78 is 1.67. The van der Waals surface area contributed by atoms with Crippen LogP contribution in [0.3, 0.4) is 0 Å². The van der Waals surface area contributed by atoms with E-state index in [0.717, 1.165) is 19.4 Å². The normalized spacial score (nSPS) is 12.9. The van der Waals surface area contributed by atoms with Crippen molar-refractivity contribution < 1.29 is 4.92 Å². The molecule has 6 heteroatoms. The lowest BCUT2D eigenvalue weighted by Crippen LogP contribution is -2.32. The summed E-state index contributed by atoms with van der Waals surface area (Å²) in [5, 5.41) is 19.2. The van der Waals surface area contributed by atoms with Crippen LogP contribution in [-0.4, -0.2) is 27.3 Å². The van der Waals surface area contributed by atoms with E-state index in [4.69, 9.17) is 0 Å². The zero-order valence-corrected chi connectivity index (χ0v) is 13.1. The molecule has 0 aliphatic rings. The van der Waals surface area contributed by atoms with Crippen LogP contribution in [0.1, 0.15) is 57.8 Å². The highest BCUT2D eigenvalue weighted by Crippen LogP contribution is 2.29. The number of nitro groups is 1. The third-order valence-electron chi connectivity index (χ3n) is 3.51. The smallest absolute Gasteiger partial charge is 0.313 e. The highest BCUT2D eigenvalue weighted by Gasteiger charge is 2.29. The Morgan fingerprint density at radius 1 is 1.40 bits per heavy atom. The van der Waals surface area contributed by atoms with Crippen molar-refractivity contribution in [3.05, 3.63) is 21.5 Å². The number of hydrogen-bond acceptors (Lipinski definition) is 4. The van der Waals surface area contributed by atoms with Crippen LogP contribution in [0.2, 0.25) is 0 Å². The quantitative estimate of drug-likeness (QED) is 0.588. The Kier molecular flexibility index (Phi) is 6.13. The van der Waals surface area contributed by atoms with Gasteiger partial charge >= 0.3 is 5.69 Å². The van der Waals surface area contributed by atoms with Crippen LogP contribution in [0.5, 0.6) is 0 Å². The van der Waals surface area contributed by atoms with Crippen molar-refractivity contribution in [2.45, 2.75) is 58.9 Å². The molecule has 0 fully saturated rings. The van der Waals surface area contributed by atoms with Crippen LogP contribution in [0.25, 0.3) is 0 Å². The molecule has 0 aliphatic heterocycles. The standard InChI is InChI=1S/C14H26N4O2/c1-6-8-15-11(7-2)9-12-14(18(19)20)13(10(3)4)16-17(12)5/h10-11,15H,6-9H2,1-5H3. The van der Waals surface area contributed by atoms with E-state index < -0.39 is 0 Å². The lowest BCUT2D eigenvalue weighted by Gasteiger charge is -2.16. The molecule has 0 aromatic carbocycles. The number of aryl methyl sites for hydroxylation is 1. The first-order valence-corrected chi connectivity index (χ1v) is 7.35. The van der Waals surface area contributed by atoms with Gasteiger partial charge in [-0.25, -0.2) is 0 Å². The summed E-state index contributed by atoms with van der Waals surface area (Å²) >= 11 is 0. The van der Waals surface area contributed by atoms with Crippen molar-refractivity contribution in [2.75, 3.05) is 6.54 Å². The van der Waals surface area contributed by atoms with Crippen molar-refractivity contribution >= 4 is 5.69 Å². The van der Waals surface area contributed by atoms with Crippen molar-refractivity contribution in [3.63, 3.8) is 0 Å². The second-order valence-electron chi connectivity index (χ2n) is 5.48. The van der Waals surface area contributed by atoms with Gasteiger partial charge in [-0.1, -0.05) is 27.7 Å². The molecule has 0 saturated carbocycles. The van der Waals surface area contributed by atoms with Crippen LogP contribution in [0.15, 0.2) is 0 Å². The molecule has 0 aliphatic carbocycles. The molecule has 1 atom stereocenters. The Balaban J connectivity index is 3.07. The molecule has 1 unspecified atom stereocenters. The van der Waals surface area contributed by atoms with Gasteiger partial charge in [-0.2, -0.15) is 5.10 Å². The van der Waals surface area contributed by atoms with Crippen LogP contribution in [0, 0.1) is 10.1 Å². The zero-order chi connectivity index (χ0) is 15.3. The molecule has 0 saturated heterocycles. The van der Waals surface area contributed by atoms with E-state index in [9.17, 15) is 10.1 Å². The van der Waals surface area contributed by atoms with E-state index in [1.165, 1.54) is 0 Å². The monoisotopic (exact) mass is 282 g/mol. The molecule has 1 N–H and O–H groups in total. The SMILES string of the molecule is CCCNC(CC)Cc1c([N+](=O)[O-])c(C(C)C)nn1C. The van der Waals surface area contributed by atoms with Gasteiger partial charge in [-0.15, -0.1) is 0 Å². The molecular weight excluding hydrogens is 256 g/mol. The second kappa shape index (κ2) is 7.38. The van der Waals surface area contributed by atoms with Crippen LogP contribution >= 0.6 is 0 Å². The van der Waals surface area contributed by atoms with E-state index >= 15 is 0 Å². The second-order valence-corrected chi connectivity index (χ2v) is 5.48. The molecule has 6 nitrogen and oxygen atoms in total. The molecule has 1 aromatic rings. The predicted molar refractivity (Wildman–Crippen MR) is 80.0 cm³/mol. The van der Waals surface area contributed by atoms with Gasteiger partial charge in [0.25, 0.3) is 0 Å². The maximum Gasteiger partial charge on any atom is 0.313 e. The highest BCUT2D eigenvalue weighted by molar-refractivity contribution is 5.43. The average molecular weight is 282 g/mol. The summed E-state index contributed by atoms with van der Waals surface area (Å²) in [4.78, 5) is 11.1. The number of nitrogens with one attached hydrogen (secondary N) is 1. The Bertz CT molecular complexity index is 454. The van der Waals surface area contributed by atoms with Crippen LogP contribution in [0.4, 0.5) is 5.69 Å². The van der Waals surface area contributed by atoms with E-state index in [1.54, 1.807) is 11.7 Å². The fraction of sp³-hybridized carbons (Fsp3) is 0.786. The van der Waals surface area contributed by atoms with Gasteiger partial charge in [0.15, 0.2) is 0 Å². The first-order valence-electron chi connectivity index (χ1n) is 7.35. The lowest BCUT2D eigenvalue weighted by atomic mass is 10.0. The minimum absolute atomic E-state index is 0.0547. The Morgan fingerprint density at radius 3 is 2.50 bits per heavy atom. The first-order chi connectivity index (χ1) is 9.42. The predicted octanol–water partition coefficient (Wildman–Crippen LogP) is 2.77. The Hall–Kier alpha value is -1.43. The third kappa shape index (κ3) is 3.79. The van der Waals surface area contributed by atoms with Gasteiger partial charge in [0.05, 0.1) is 4.92 Å². The largest absolute Gasteiger partial charge is 0.314 e. The summed E-state index contributed by atoms with van der Waals surface area (Å²) in [5.41, 5.74) is 1.49.